The maximum Gasteiger partial charge on any atom is 0.305 e. The molecular formula is C19H18F2N4O3. The van der Waals surface area contributed by atoms with Gasteiger partial charge in [-0.1, -0.05) is 0 Å². The van der Waals surface area contributed by atoms with E-state index >= 15 is 0 Å². The van der Waals surface area contributed by atoms with Crippen molar-refractivity contribution in [2.24, 2.45) is 0 Å². The van der Waals surface area contributed by atoms with Crippen LogP contribution in [0.1, 0.15) is 28.4 Å². The predicted molar refractivity (Wildman–Crippen MR) is 95.5 cm³/mol. The van der Waals surface area contributed by atoms with Gasteiger partial charge in [0.15, 0.2) is 11.6 Å². The topological polar surface area (TPSA) is 80.2 Å². The van der Waals surface area contributed by atoms with E-state index in [-0.39, 0.29) is 24.0 Å². The number of hydrogen-bond acceptors (Lipinski definition) is 4. The molecule has 0 saturated carbocycles. The summed E-state index contributed by atoms with van der Waals surface area (Å²) in [5.74, 6) is -1.73. The number of methoxy groups -OCH3 is 1. The highest BCUT2D eigenvalue weighted by Crippen LogP contribution is 2.22. The van der Waals surface area contributed by atoms with Gasteiger partial charge >= 0.3 is 5.97 Å². The van der Waals surface area contributed by atoms with E-state index in [1.807, 2.05) is 4.57 Å². The molecule has 28 heavy (non-hydrogen) atoms. The van der Waals surface area contributed by atoms with E-state index in [1.165, 1.54) is 13.2 Å². The number of hydrogen-bond donors (Lipinski definition) is 1. The van der Waals surface area contributed by atoms with Crippen LogP contribution in [0.15, 0.2) is 24.4 Å². The standard InChI is InChI=1S/C19H18F2N4O3/c1-28-18(26)3-2-12-9-22-17-10-24(4-5-25(12)17)19(27)16-7-11-6-13(20)14(21)8-15(11)23-16/h6-9,23H,2-5,10H2,1H3. The Morgan fingerprint density at radius 3 is 2.79 bits per heavy atom. The highest BCUT2D eigenvalue weighted by atomic mass is 19.2. The fourth-order valence-corrected chi connectivity index (χ4v) is 3.44. The number of rotatable bonds is 4. The van der Waals surface area contributed by atoms with Crippen molar-refractivity contribution in [2.75, 3.05) is 13.7 Å². The van der Waals surface area contributed by atoms with Crippen molar-refractivity contribution in [3.8, 4) is 0 Å². The maximum absolute atomic E-state index is 13.4. The molecule has 3 heterocycles. The molecule has 7 nitrogen and oxygen atoms in total. The molecule has 3 aromatic rings. The van der Waals surface area contributed by atoms with Gasteiger partial charge in [0.25, 0.3) is 5.91 Å². The number of aromatic nitrogens is 3. The minimum absolute atomic E-state index is 0.262. The number of halogens is 2. The quantitative estimate of drug-likeness (QED) is 0.696. The number of nitrogens with one attached hydrogen (secondary N) is 1. The van der Waals surface area contributed by atoms with E-state index in [2.05, 4.69) is 14.7 Å². The second-order valence-electron chi connectivity index (χ2n) is 6.66. The summed E-state index contributed by atoms with van der Waals surface area (Å²) in [4.78, 5) is 33.0. The Balaban J connectivity index is 1.50. The third-order valence-electron chi connectivity index (χ3n) is 4.94. The van der Waals surface area contributed by atoms with Crippen LogP contribution in [0.5, 0.6) is 0 Å². The highest BCUT2D eigenvalue weighted by molar-refractivity contribution is 5.98. The normalized spacial score (nSPS) is 13.6. The molecule has 0 radical (unpaired) electrons. The summed E-state index contributed by atoms with van der Waals surface area (Å²) in [5.41, 5.74) is 1.56. The summed E-state index contributed by atoms with van der Waals surface area (Å²) >= 11 is 0. The van der Waals surface area contributed by atoms with Crippen molar-refractivity contribution in [3.05, 3.63) is 53.2 Å². The molecule has 1 aromatic carbocycles. The van der Waals surface area contributed by atoms with Gasteiger partial charge in [-0.05, 0) is 18.6 Å². The first-order chi connectivity index (χ1) is 13.5. The van der Waals surface area contributed by atoms with Gasteiger partial charge in [-0.15, -0.1) is 0 Å². The molecule has 0 bridgehead atoms. The van der Waals surface area contributed by atoms with E-state index in [0.717, 1.165) is 23.7 Å². The number of esters is 1. The first-order valence-electron chi connectivity index (χ1n) is 8.83. The Morgan fingerprint density at radius 1 is 1.21 bits per heavy atom. The average Bonchev–Trinajstić information content (AvgIpc) is 3.29. The predicted octanol–water partition coefficient (Wildman–Crippen LogP) is 2.40. The number of amides is 1. The lowest BCUT2D eigenvalue weighted by molar-refractivity contribution is -0.140. The van der Waals surface area contributed by atoms with Crippen molar-refractivity contribution >= 4 is 22.8 Å². The second kappa shape index (κ2) is 7.06. The van der Waals surface area contributed by atoms with Crippen LogP contribution in [0.4, 0.5) is 8.78 Å². The first-order valence-corrected chi connectivity index (χ1v) is 8.83. The second-order valence-corrected chi connectivity index (χ2v) is 6.66. The van der Waals surface area contributed by atoms with E-state index in [4.69, 9.17) is 0 Å². The largest absolute Gasteiger partial charge is 0.469 e. The maximum atomic E-state index is 13.4. The van der Waals surface area contributed by atoms with E-state index in [9.17, 15) is 18.4 Å². The highest BCUT2D eigenvalue weighted by Gasteiger charge is 2.25. The van der Waals surface area contributed by atoms with E-state index in [0.29, 0.717) is 37.0 Å². The van der Waals surface area contributed by atoms with Gasteiger partial charge < -0.3 is 19.2 Å². The van der Waals surface area contributed by atoms with Gasteiger partial charge in [0.2, 0.25) is 0 Å². The zero-order chi connectivity index (χ0) is 19.8. The van der Waals surface area contributed by atoms with Crippen molar-refractivity contribution < 1.29 is 23.1 Å². The van der Waals surface area contributed by atoms with Crippen molar-refractivity contribution in [1.29, 1.82) is 0 Å². The average molecular weight is 388 g/mol. The molecule has 146 valence electrons. The zero-order valence-electron chi connectivity index (χ0n) is 15.2. The number of fused-ring (bicyclic) bond motifs is 2. The number of H-pyrrole nitrogens is 1. The third-order valence-corrected chi connectivity index (χ3v) is 4.94. The Hall–Kier alpha value is -3.23. The zero-order valence-corrected chi connectivity index (χ0v) is 15.2. The molecule has 1 N–H and O–H groups in total. The van der Waals surface area contributed by atoms with Gasteiger partial charge in [0.05, 0.1) is 20.1 Å². The lowest BCUT2D eigenvalue weighted by atomic mass is 10.2. The van der Waals surface area contributed by atoms with Gasteiger partial charge in [-0.25, -0.2) is 13.8 Å². The summed E-state index contributed by atoms with van der Waals surface area (Å²) in [6, 6.07) is 3.62. The molecule has 0 spiro atoms. The molecule has 1 amide bonds. The van der Waals surface area contributed by atoms with Gasteiger partial charge in [0, 0.05) is 41.9 Å². The fraction of sp³-hybridized carbons (Fsp3) is 0.316. The summed E-state index contributed by atoms with van der Waals surface area (Å²) in [5, 5.41) is 0.436. The molecule has 0 saturated heterocycles. The number of aromatic amines is 1. The van der Waals surface area contributed by atoms with Crippen LogP contribution < -0.4 is 0 Å². The molecule has 0 fully saturated rings. The molecular weight excluding hydrogens is 370 g/mol. The van der Waals surface area contributed by atoms with Gasteiger partial charge in [-0.2, -0.15) is 0 Å². The number of aryl methyl sites for hydroxylation is 1. The third kappa shape index (κ3) is 3.23. The lowest BCUT2D eigenvalue weighted by Gasteiger charge is -2.28. The molecule has 0 aliphatic carbocycles. The number of benzene rings is 1. The number of carbonyl (C=O) groups excluding carboxylic acids is 2. The van der Waals surface area contributed by atoms with Crippen LogP contribution in [-0.4, -0.2) is 45.0 Å². The first kappa shape index (κ1) is 18.1. The molecule has 0 atom stereocenters. The summed E-state index contributed by atoms with van der Waals surface area (Å²) in [6.07, 6.45) is 2.50. The Labute approximate surface area is 158 Å². The van der Waals surface area contributed by atoms with Crippen LogP contribution >= 0.6 is 0 Å². The monoisotopic (exact) mass is 388 g/mol. The fourth-order valence-electron chi connectivity index (χ4n) is 3.44. The van der Waals surface area contributed by atoms with Crippen LogP contribution in [0.3, 0.4) is 0 Å². The smallest absolute Gasteiger partial charge is 0.305 e. The molecule has 0 unspecified atom stereocenters. The number of imidazole rings is 1. The van der Waals surface area contributed by atoms with Crippen LogP contribution in [-0.2, 0) is 29.0 Å². The summed E-state index contributed by atoms with van der Waals surface area (Å²) in [6.45, 7) is 1.34. The number of ether oxygens (including phenoxy) is 1. The van der Waals surface area contributed by atoms with Gasteiger partial charge in [-0.3, -0.25) is 9.59 Å². The minimum atomic E-state index is -0.965. The molecule has 2 aromatic heterocycles. The minimum Gasteiger partial charge on any atom is -0.469 e. The van der Waals surface area contributed by atoms with E-state index in [1.54, 1.807) is 11.1 Å². The van der Waals surface area contributed by atoms with Crippen LogP contribution in [0, 0.1) is 11.6 Å². The SMILES string of the molecule is COC(=O)CCc1cnc2n1CCN(C(=O)c1cc3cc(F)c(F)cc3[nH]1)C2. The lowest BCUT2D eigenvalue weighted by Crippen LogP contribution is -2.39. The van der Waals surface area contributed by atoms with Crippen LogP contribution in [0.2, 0.25) is 0 Å². The van der Waals surface area contributed by atoms with E-state index < -0.39 is 11.6 Å². The van der Waals surface area contributed by atoms with Crippen molar-refractivity contribution in [1.82, 2.24) is 19.4 Å². The molecule has 4 rings (SSSR count). The van der Waals surface area contributed by atoms with Crippen LogP contribution in [0.25, 0.3) is 10.9 Å². The van der Waals surface area contributed by atoms with Crippen molar-refractivity contribution in [3.63, 3.8) is 0 Å². The van der Waals surface area contributed by atoms with Gasteiger partial charge in [0.1, 0.15) is 11.5 Å². The summed E-state index contributed by atoms with van der Waals surface area (Å²) in [7, 11) is 1.35. The Kier molecular flexibility index (Phi) is 4.58. The summed E-state index contributed by atoms with van der Waals surface area (Å²) < 4.78 is 33.4. The Bertz CT molecular complexity index is 1030. The number of carbonyl (C=O) groups is 2. The Morgan fingerprint density at radius 2 is 2.00 bits per heavy atom. The molecule has 1 aliphatic rings. The molecule has 9 heteroatoms. The number of nitrogens with zero attached hydrogens (tertiary/aromatic N) is 3. The van der Waals surface area contributed by atoms with Crippen molar-refractivity contribution in [2.45, 2.75) is 25.9 Å². The molecule has 1 aliphatic heterocycles.